The molecule has 0 saturated heterocycles. The Balaban J connectivity index is 2.01. The van der Waals surface area contributed by atoms with E-state index < -0.39 is 18.2 Å². The van der Waals surface area contributed by atoms with E-state index in [0.717, 1.165) is 11.1 Å². The molecule has 0 saturated carbocycles. The molecule has 4 nitrogen and oxygen atoms in total. The molecular formula is C20H22N2O2. The standard InChI is InChI=1S/C20H22N2O2/c1-2-19(23-14-16-9-5-3-6-10-16)20(18(22)13-21)24-15-17-11-7-4-8-12-17/h2-12,18-20H,1,14-15,22H2/t18-,19-,20-/m1/s1. The van der Waals surface area contributed by atoms with Crippen molar-refractivity contribution in [2.24, 2.45) is 5.73 Å². The highest BCUT2D eigenvalue weighted by Crippen LogP contribution is 2.14. The lowest BCUT2D eigenvalue weighted by Gasteiger charge is -2.27. The zero-order valence-corrected chi connectivity index (χ0v) is 13.5. The molecule has 0 aliphatic rings. The van der Waals surface area contributed by atoms with E-state index in [4.69, 9.17) is 15.2 Å². The molecule has 0 aromatic heterocycles. The highest BCUT2D eigenvalue weighted by molar-refractivity contribution is 5.15. The maximum atomic E-state index is 9.19. The van der Waals surface area contributed by atoms with Crippen LogP contribution in [0.3, 0.4) is 0 Å². The molecule has 3 atom stereocenters. The molecule has 0 unspecified atom stereocenters. The summed E-state index contributed by atoms with van der Waals surface area (Å²) >= 11 is 0. The summed E-state index contributed by atoms with van der Waals surface area (Å²) in [5.41, 5.74) is 7.96. The summed E-state index contributed by atoms with van der Waals surface area (Å²) < 4.78 is 11.8. The minimum atomic E-state index is -0.799. The van der Waals surface area contributed by atoms with Gasteiger partial charge in [0.2, 0.25) is 0 Å². The molecule has 24 heavy (non-hydrogen) atoms. The fraction of sp³-hybridized carbons (Fsp3) is 0.250. The topological polar surface area (TPSA) is 68.3 Å². The van der Waals surface area contributed by atoms with E-state index in [0.29, 0.717) is 13.2 Å². The highest BCUT2D eigenvalue weighted by atomic mass is 16.5. The number of hydrogen-bond acceptors (Lipinski definition) is 4. The van der Waals surface area contributed by atoms with E-state index in [1.807, 2.05) is 66.7 Å². The van der Waals surface area contributed by atoms with Gasteiger partial charge in [-0.25, -0.2) is 0 Å². The van der Waals surface area contributed by atoms with Crippen LogP contribution in [0.5, 0.6) is 0 Å². The molecule has 124 valence electrons. The third kappa shape index (κ3) is 5.32. The third-order valence-corrected chi connectivity index (χ3v) is 3.63. The van der Waals surface area contributed by atoms with Gasteiger partial charge in [-0.15, -0.1) is 6.58 Å². The number of nitrogens with zero attached hydrogens (tertiary/aromatic N) is 1. The van der Waals surface area contributed by atoms with Crippen molar-refractivity contribution in [1.82, 2.24) is 0 Å². The van der Waals surface area contributed by atoms with Gasteiger partial charge in [0.05, 0.1) is 19.3 Å². The molecule has 2 aromatic rings. The second-order valence-electron chi connectivity index (χ2n) is 5.41. The molecule has 0 fully saturated rings. The summed E-state index contributed by atoms with van der Waals surface area (Å²) in [7, 11) is 0. The molecule has 0 heterocycles. The average Bonchev–Trinajstić information content (AvgIpc) is 2.65. The van der Waals surface area contributed by atoms with Crippen LogP contribution in [0.1, 0.15) is 11.1 Å². The fourth-order valence-electron chi connectivity index (χ4n) is 2.31. The Morgan fingerprint density at radius 1 is 0.958 bits per heavy atom. The normalized spacial score (nSPS) is 14.3. The molecule has 0 spiro atoms. The van der Waals surface area contributed by atoms with Gasteiger partial charge in [0, 0.05) is 0 Å². The van der Waals surface area contributed by atoms with Gasteiger partial charge in [0.15, 0.2) is 0 Å². The third-order valence-electron chi connectivity index (χ3n) is 3.63. The van der Waals surface area contributed by atoms with Crippen LogP contribution in [0.25, 0.3) is 0 Å². The number of hydrogen-bond donors (Lipinski definition) is 1. The van der Waals surface area contributed by atoms with Crippen LogP contribution < -0.4 is 5.73 Å². The Bertz CT molecular complexity index is 652. The van der Waals surface area contributed by atoms with E-state index in [1.165, 1.54) is 0 Å². The number of ether oxygens (including phenoxy) is 2. The van der Waals surface area contributed by atoms with Gasteiger partial charge in [-0.1, -0.05) is 66.7 Å². The van der Waals surface area contributed by atoms with Gasteiger partial charge < -0.3 is 15.2 Å². The molecule has 2 rings (SSSR count). The summed E-state index contributed by atoms with van der Waals surface area (Å²) in [4.78, 5) is 0. The van der Waals surface area contributed by atoms with Gasteiger partial charge >= 0.3 is 0 Å². The largest absolute Gasteiger partial charge is 0.368 e. The van der Waals surface area contributed by atoms with E-state index >= 15 is 0 Å². The molecule has 0 aliphatic heterocycles. The zero-order valence-electron chi connectivity index (χ0n) is 13.5. The Labute approximate surface area is 143 Å². The van der Waals surface area contributed by atoms with Gasteiger partial charge in [0.1, 0.15) is 18.2 Å². The van der Waals surface area contributed by atoms with Crippen molar-refractivity contribution in [3.8, 4) is 6.07 Å². The lowest BCUT2D eigenvalue weighted by molar-refractivity contribution is -0.0681. The first-order chi connectivity index (χ1) is 11.7. The van der Waals surface area contributed by atoms with Crippen LogP contribution >= 0.6 is 0 Å². The predicted molar refractivity (Wildman–Crippen MR) is 93.8 cm³/mol. The molecule has 0 amide bonds. The van der Waals surface area contributed by atoms with Crippen LogP contribution in [-0.4, -0.2) is 18.2 Å². The first kappa shape index (κ1) is 17.9. The van der Waals surface area contributed by atoms with Crippen molar-refractivity contribution in [3.05, 3.63) is 84.4 Å². The maximum absolute atomic E-state index is 9.19. The molecular weight excluding hydrogens is 300 g/mol. The van der Waals surface area contributed by atoms with Gasteiger partial charge in [0.25, 0.3) is 0 Å². The lowest BCUT2D eigenvalue weighted by atomic mass is 10.1. The van der Waals surface area contributed by atoms with Crippen LogP contribution in [0, 0.1) is 11.3 Å². The van der Waals surface area contributed by atoms with Crippen LogP contribution in [0.15, 0.2) is 73.3 Å². The molecule has 0 bridgehead atoms. The summed E-state index contributed by atoms with van der Waals surface area (Å²) in [6.45, 7) is 4.56. The van der Waals surface area contributed by atoms with E-state index in [9.17, 15) is 5.26 Å². The van der Waals surface area contributed by atoms with E-state index in [2.05, 4.69) is 6.58 Å². The Kier molecular flexibility index (Phi) is 7.19. The van der Waals surface area contributed by atoms with Crippen molar-refractivity contribution >= 4 is 0 Å². The molecule has 0 aliphatic carbocycles. The summed E-state index contributed by atoms with van der Waals surface area (Å²) in [5.74, 6) is 0. The van der Waals surface area contributed by atoms with Gasteiger partial charge in [-0.05, 0) is 11.1 Å². The minimum Gasteiger partial charge on any atom is -0.368 e. The Morgan fingerprint density at radius 2 is 1.46 bits per heavy atom. The van der Waals surface area contributed by atoms with Crippen LogP contribution in [0.2, 0.25) is 0 Å². The highest BCUT2D eigenvalue weighted by Gasteiger charge is 2.27. The van der Waals surface area contributed by atoms with Gasteiger partial charge in [-0.2, -0.15) is 5.26 Å². The number of nitrogens with two attached hydrogens (primary N) is 1. The second kappa shape index (κ2) is 9.64. The van der Waals surface area contributed by atoms with Crippen LogP contribution in [-0.2, 0) is 22.7 Å². The predicted octanol–water partition coefficient (Wildman–Crippen LogP) is 3.19. The first-order valence-electron chi connectivity index (χ1n) is 7.83. The fourth-order valence-corrected chi connectivity index (χ4v) is 2.31. The minimum absolute atomic E-state index is 0.361. The SMILES string of the molecule is C=C[C@@H](OCc1ccccc1)[C@H](OCc1ccccc1)[C@H](N)C#N. The zero-order chi connectivity index (χ0) is 17.2. The number of benzene rings is 2. The van der Waals surface area contributed by atoms with Gasteiger partial charge in [-0.3, -0.25) is 0 Å². The van der Waals surface area contributed by atoms with E-state index in [1.54, 1.807) is 6.08 Å². The summed E-state index contributed by atoms with van der Waals surface area (Å²) in [5, 5.41) is 9.19. The number of nitriles is 1. The Hall–Kier alpha value is -2.45. The second-order valence-corrected chi connectivity index (χ2v) is 5.41. The molecule has 2 aromatic carbocycles. The molecule has 4 heteroatoms. The monoisotopic (exact) mass is 322 g/mol. The average molecular weight is 322 g/mol. The molecule has 2 N–H and O–H groups in total. The molecule has 0 radical (unpaired) electrons. The van der Waals surface area contributed by atoms with Crippen LogP contribution in [0.4, 0.5) is 0 Å². The van der Waals surface area contributed by atoms with E-state index in [-0.39, 0.29) is 0 Å². The van der Waals surface area contributed by atoms with Crippen molar-refractivity contribution in [2.75, 3.05) is 0 Å². The summed E-state index contributed by atoms with van der Waals surface area (Å²) in [6.07, 6.45) is 0.579. The Morgan fingerprint density at radius 3 is 1.92 bits per heavy atom. The quantitative estimate of drug-likeness (QED) is 0.720. The van der Waals surface area contributed by atoms with Crippen molar-refractivity contribution in [2.45, 2.75) is 31.5 Å². The smallest absolute Gasteiger partial charge is 0.122 e. The first-order valence-corrected chi connectivity index (χ1v) is 7.83. The summed E-state index contributed by atoms with van der Waals surface area (Å²) in [6, 6.07) is 20.8. The number of rotatable bonds is 9. The maximum Gasteiger partial charge on any atom is 0.122 e. The van der Waals surface area contributed by atoms with Crippen molar-refractivity contribution in [3.63, 3.8) is 0 Å². The van der Waals surface area contributed by atoms with Crippen molar-refractivity contribution in [1.29, 1.82) is 5.26 Å². The lowest BCUT2D eigenvalue weighted by Crippen LogP contribution is -2.44. The van der Waals surface area contributed by atoms with Crippen molar-refractivity contribution < 1.29 is 9.47 Å².